The number of piperidine rings is 1. The van der Waals surface area contributed by atoms with Gasteiger partial charge in [-0.1, -0.05) is 0 Å². The monoisotopic (exact) mass is 492 g/mol. The SMILES string of the molecule is CCS(=O)(=O)NCCNC(=NC)N1CCC(OCCCOC)CC1.I. The fraction of sp³-hybridized carbons (Fsp3) is 0.933. The van der Waals surface area contributed by atoms with E-state index in [2.05, 4.69) is 19.9 Å². The van der Waals surface area contributed by atoms with Gasteiger partial charge in [0, 0.05) is 53.6 Å². The van der Waals surface area contributed by atoms with Crippen molar-refractivity contribution in [3.05, 3.63) is 0 Å². The summed E-state index contributed by atoms with van der Waals surface area (Å²) in [5, 5.41) is 3.20. The largest absolute Gasteiger partial charge is 0.385 e. The lowest BCUT2D eigenvalue weighted by atomic mass is 10.1. The third-order valence-corrected chi connectivity index (χ3v) is 5.31. The smallest absolute Gasteiger partial charge is 0.211 e. The predicted octanol–water partition coefficient (Wildman–Crippen LogP) is 0.637. The Bertz CT molecular complexity index is 468. The van der Waals surface area contributed by atoms with Crippen molar-refractivity contribution in [2.45, 2.75) is 32.3 Å². The molecule has 0 radical (unpaired) electrons. The minimum atomic E-state index is -3.14. The van der Waals surface area contributed by atoms with E-state index in [9.17, 15) is 8.42 Å². The molecule has 10 heteroatoms. The van der Waals surface area contributed by atoms with Crippen molar-refractivity contribution in [2.24, 2.45) is 4.99 Å². The molecule has 0 bridgehead atoms. The highest BCUT2D eigenvalue weighted by molar-refractivity contribution is 14.0. The van der Waals surface area contributed by atoms with Crippen LogP contribution in [-0.4, -0.2) is 84.7 Å². The number of nitrogens with one attached hydrogen (secondary N) is 2. The summed E-state index contributed by atoms with van der Waals surface area (Å²) in [6, 6.07) is 0. The number of guanidine groups is 1. The molecular formula is C15H33IN4O4S. The van der Waals surface area contributed by atoms with Crippen LogP contribution in [-0.2, 0) is 19.5 Å². The molecule has 25 heavy (non-hydrogen) atoms. The van der Waals surface area contributed by atoms with E-state index in [1.807, 2.05) is 0 Å². The number of nitrogens with zero attached hydrogens (tertiary/aromatic N) is 2. The number of aliphatic imine (C=N–C) groups is 1. The number of sulfonamides is 1. The molecule has 1 aliphatic rings. The Balaban J connectivity index is 0.00000576. The van der Waals surface area contributed by atoms with Crippen molar-refractivity contribution in [1.29, 1.82) is 0 Å². The van der Waals surface area contributed by atoms with Gasteiger partial charge in [-0.05, 0) is 26.2 Å². The van der Waals surface area contributed by atoms with E-state index in [0.29, 0.717) is 19.2 Å². The lowest BCUT2D eigenvalue weighted by molar-refractivity contribution is 0.00992. The first-order valence-corrected chi connectivity index (χ1v) is 10.2. The molecule has 0 aliphatic carbocycles. The van der Waals surface area contributed by atoms with Gasteiger partial charge in [0.05, 0.1) is 11.9 Å². The molecule has 1 aliphatic heterocycles. The number of ether oxygens (including phenoxy) is 2. The fourth-order valence-electron chi connectivity index (χ4n) is 2.50. The second-order valence-corrected chi connectivity index (χ2v) is 7.77. The van der Waals surface area contributed by atoms with Gasteiger partial charge in [-0.15, -0.1) is 24.0 Å². The van der Waals surface area contributed by atoms with Crippen LogP contribution in [0.3, 0.4) is 0 Å². The fourth-order valence-corrected chi connectivity index (χ4v) is 3.12. The maximum atomic E-state index is 11.4. The Morgan fingerprint density at radius 1 is 1.24 bits per heavy atom. The summed E-state index contributed by atoms with van der Waals surface area (Å²) in [5.74, 6) is 0.906. The summed E-state index contributed by atoms with van der Waals surface area (Å²) >= 11 is 0. The lowest BCUT2D eigenvalue weighted by Gasteiger charge is -2.34. The van der Waals surface area contributed by atoms with Crippen LogP contribution in [0.4, 0.5) is 0 Å². The van der Waals surface area contributed by atoms with Gasteiger partial charge in [0.25, 0.3) is 0 Å². The van der Waals surface area contributed by atoms with E-state index in [-0.39, 0.29) is 29.7 Å². The molecule has 150 valence electrons. The van der Waals surface area contributed by atoms with Crippen molar-refractivity contribution in [3.8, 4) is 0 Å². The Morgan fingerprint density at radius 3 is 2.48 bits per heavy atom. The summed E-state index contributed by atoms with van der Waals surface area (Å²) in [7, 11) is 0.302. The molecular weight excluding hydrogens is 459 g/mol. The number of halogens is 1. The van der Waals surface area contributed by atoms with Crippen LogP contribution in [0.2, 0.25) is 0 Å². The van der Waals surface area contributed by atoms with E-state index >= 15 is 0 Å². The Morgan fingerprint density at radius 2 is 1.92 bits per heavy atom. The van der Waals surface area contributed by atoms with Crippen LogP contribution < -0.4 is 10.0 Å². The molecule has 0 aromatic carbocycles. The zero-order valence-electron chi connectivity index (χ0n) is 15.5. The van der Waals surface area contributed by atoms with Crippen LogP contribution in [0, 0.1) is 0 Å². The summed E-state index contributed by atoms with van der Waals surface area (Å²) in [4.78, 5) is 6.46. The quantitative estimate of drug-likeness (QED) is 0.201. The van der Waals surface area contributed by atoms with Crippen molar-refractivity contribution in [2.75, 3.05) is 59.3 Å². The van der Waals surface area contributed by atoms with Crippen LogP contribution in [0.15, 0.2) is 4.99 Å². The van der Waals surface area contributed by atoms with Crippen LogP contribution in [0.25, 0.3) is 0 Å². The first-order valence-electron chi connectivity index (χ1n) is 8.56. The first kappa shape index (κ1) is 24.8. The molecule has 1 saturated heterocycles. The number of hydrogen-bond acceptors (Lipinski definition) is 5. The molecule has 0 unspecified atom stereocenters. The minimum Gasteiger partial charge on any atom is -0.385 e. The van der Waals surface area contributed by atoms with E-state index in [0.717, 1.165) is 51.5 Å². The molecule has 0 atom stereocenters. The summed E-state index contributed by atoms with van der Waals surface area (Å²) in [6.07, 6.45) is 3.16. The lowest BCUT2D eigenvalue weighted by Crippen LogP contribution is -2.48. The van der Waals surface area contributed by atoms with Gasteiger partial charge in [0.1, 0.15) is 0 Å². The number of likely N-dealkylation sites (tertiary alicyclic amines) is 1. The average Bonchev–Trinajstić information content (AvgIpc) is 2.59. The van der Waals surface area contributed by atoms with Gasteiger partial charge in [0.2, 0.25) is 10.0 Å². The molecule has 0 amide bonds. The van der Waals surface area contributed by atoms with Crippen LogP contribution in [0.5, 0.6) is 0 Å². The van der Waals surface area contributed by atoms with Crippen molar-refractivity contribution in [1.82, 2.24) is 14.9 Å². The highest BCUT2D eigenvalue weighted by Crippen LogP contribution is 2.14. The van der Waals surface area contributed by atoms with Crippen LogP contribution in [0.1, 0.15) is 26.2 Å². The Kier molecular flexibility index (Phi) is 13.9. The van der Waals surface area contributed by atoms with Crippen molar-refractivity contribution in [3.63, 3.8) is 0 Å². The third kappa shape index (κ3) is 10.5. The first-order chi connectivity index (χ1) is 11.5. The second kappa shape index (κ2) is 14.0. The van der Waals surface area contributed by atoms with E-state index in [1.54, 1.807) is 21.1 Å². The van der Waals surface area contributed by atoms with Gasteiger partial charge < -0.3 is 19.7 Å². The van der Waals surface area contributed by atoms with Gasteiger partial charge in [-0.2, -0.15) is 0 Å². The van der Waals surface area contributed by atoms with Gasteiger partial charge in [-0.25, -0.2) is 13.1 Å². The number of rotatable bonds is 10. The molecule has 0 spiro atoms. The average molecular weight is 492 g/mol. The van der Waals surface area contributed by atoms with E-state index < -0.39 is 10.0 Å². The van der Waals surface area contributed by atoms with Gasteiger partial charge in [-0.3, -0.25) is 4.99 Å². The molecule has 0 aromatic heterocycles. The molecule has 2 N–H and O–H groups in total. The normalized spacial score (nSPS) is 16.6. The van der Waals surface area contributed by atoms with E-state index in [4.69, 9.17) is 9.47 Å². The number of hydrogen-bond donors (Lipinski definition) is 2. The summed E-state index contributed by atoms with van der Waals surface area (Å²) < 4.78 is 36.2. The predicted molar refractivity (Wildman–Crippen MR) is 111 cm³/mol. The number of methoxy groups -OCH3 is 1. The highest BCUT2D eigenvalue weighted by Gasteiger charge is 2.21. The molecule has 8 nitrogen and oxygen atoms in total. The molecule has 1 rings (SSSR count). The third-order valence-electron chi connectivity index (χ3n) is 3.91. The maximum Gasteiger partial charge on any atom is 0.211 e. The molecule has 0 saturated carbocycles. The molecule has 0 aromatic rings. The second-order valence-electron chi connectivity index (χ2n) is 5.68. The maximum absolute atomic E-state index is 11.4. The van der Waals surface area contributed by atoms with Gasteiger partial charge >= 0.3 is 0 Å². The molecule has 1 heterocycles. The summed E-state index contributed by atoms with van der Waals surface area (Å²) in [6.45, 7) is 5.73. The topological polar surface area (TPSA) is 92.3 Å². The van der Waals surface area contributed by atoms with Crippen molar-refractivity contribution >= 4 is 40.0 Å². The van der Waals surface area contributed by atoms with E-state index in [1.165, 1.54) is 0 Å². The van der Waals surface area contributed by atoms with Crippen LogP contribution >= 0.6 is 24.0 Å². The standard InChI is InChI=1S/C15H32N4O4S.HI/c1-4-24(20,21)18-9-8-17-15(16-2)19-10-6-14(7-11-19)23-13-5-12-22-3;/h14,18H,4-13H2,1-3H3,(H,16,17);1H. The highest BCUT2D eigenvalue weighted by atomic mass is 127. The van der Waals surface area contributed by atoms with Gasteiger partial charge in [0.15, 0.2) is 5.96 Å². The van der Waals surface area contributed by atoms with Crippen molar-refractivity contribution < 1.29 is 17.9 Å². The summed E-state index contributed by atoms with van der Waals surface area (Å²) in [5.41, 5.74) is 0. The minimum absolute atomic E-state index is 0. The molecule has 1 fully saturated rings. The Hall–Kier alpha value is -0.170. The zero-order chi connectivity index (χ0) is 17.8. The zero-order valence-corrected chi connectivity index (χ0v) is 18.6. The Labute approximate surface area is 169 Å².